The Hall–Kier alpha value is -4.65. The maximum atomic E-state index is 12.8. The van der Waals surface area contributed by atoms with Crippen molar-refractivity contribution in [3.8, 4) is 17.2 Å². The monoisotopic (exact) mass is 482 g/mol. The predicted octanol–water partition coefficient (Wildman–Crippen LogP) is 5.21. The van der Waals surface area contributed by atoms with Crippen LogP contribution in [0.4, 0.5) is 0 Å². The minimum Gasteiger partial charge on any atom is -0.497 e. The van der Waals surface area contributed by atoms with E-state index in [1.54, 1.807) is 37.4 Å². The van der Waals surface area contributed by atoms with E-state index in [-0.39, 0.29) is 6.61 Å². The van der Waals surface area contributed by atoms with Gasteiger partial charge in [-0.2, -0.15) is 5.10 Å². The number of rotatable bonds is 8. The molecule has 0 aromatic heterocycles. The van der Waals surface area contributed by atoms with Gasteiger partial charge in [0.1, 0.15) is 17.2 Å². The zero-order valence-corrected chi connectivity index (χ0v) is 20.3. The van der Waals surface area contributed by atoms with Crippen LogP contribution in [0, 0.1) is 13.8 Å². The molecule has 0 aliphatic rings. The van der Waals surface area contributed by atoms with Crippen LogP contribution in [-0.2, 0) is 4.79 Å². The first-order valence-electron chi connectivity index (χ1n) is 11.3. The summed E-state index contributed by atoms with van der Waals surface area (Å²) >= 11 is 0. The number of benzene rings is 4. The highest BCUT2D eigenvalue weighted by molar-refractivity contribution is 6.04. The highest BCUT2D eigenvalue weighted by atomic mass is 16.5. The third-order valence-corrected chi connectivity index (χ3v) is 5.69. The molecule has 4 aromatic carbocycles. The predicted molar refractivity (Wildman–Crippen MR) is 139 cm³/mol. The molecule has 7 nitrogen and oxygen atoms in total. The number of esters is 1. The number of amides is 1. The van der Waals surface area contributed by atoms with Gasteiger partial charge in [0.15, 0.2) is 6.61 Å². The highest BCUT2D eigenvalue weighted by Gasteiger charge is 2.14. The van der Waals surface area contributed by atoms with E-state index < -0.39 is 11.9 Å². The molecule has 0 heterocycles. The van der Waals surface area contributed by atoms with Crippen molar-refractivity contribution in [2.45, 2.75) is 13.8 Å². The molecule has 1 amide bonds. The quantitative estimate of drug-likeness (QED) is 0.161. The lowest BCUT2D eigenvalue weighted by Crippen LogP contribution is -2.24. The number of hydrogen-bond donors (Lipinski definition) is 1. The first kappa shape index (κ1) is 24.5. The lowest BCUT2D eigenvalue weighted by atomic mass is 10.0. The van der Waals surface area contributed by atoms with Gasteiger partial charge < -0.3 is 14.2 Å². The molecular weight excluding hydrogens is 456 g/mol. The van der Waals surface area contributed by atoms with Gasteiger partial charge in [0.2, 0.25) is 0 Å². The molecule has 182 valence electrons. The SMILES string of the molecule is COc1ccc(C(=O)Oc2ccc3ccccc3c2/C=N\NC(=O)COc2ccc(C)c(C)c2)cc1. The third kappa shape index (κ3) is 5.88. The minimum absolute atomic E-state index is 0.186. The van der Waals surface area contributed by atoms with E-state index in [0.29, 0.717) is 28.4 Å². The number of nitrogens with one attached hydrogen (secondary N) is 1. The second-order valence-electron chi connectivity index (χ2n) is 8.14. The Balaban J connectivity index is 1.49. The van der Waals surface area contributed by atoms with Crippen LogP contribution < -0.4 is 19.6 Å². The second kappa shape index (κ2) is 11.2. The number of ether oxygens (including phenoxy) is 3. The normalized spacial score (nSPS) is 10.9. The van der Waals surface area contributed by atoms with Crippen molar-refractivity contribution in [2.24, 2.45) is 5.10 Å². The van der Waals surface area contributed by atoms with E-state index in [0.717, 1.165) is 21.9 Å². The Morgan fingerprint density at radius 3 is 2.39 bits per heavy atom. The average Bonchev–Trinajstić information content (AvgIpc) is 2.90. The number of carbonyl (C=O) groups excluding carboxylic acids is 2. The van der Waals surface area contributed by atoms with Crippen molar-refractivity contribution in [3.05, 3.63) is 101 Å². The van der Waals surface area contributed by atoms with E-state index in [1.807, 2.05) is 62.4 Å². The standard InChI is InChI=1S/C29H26N2O5/c1-19-8-12-24(16-20(19)2)35-18-28(32)31-30-17-26-25-7-5-4-6-21(25)11-15-27(26)36-29(33)22-9-13-23(34-3)14-10-22/h4-17H,18H2,1-3H3,(H,31,32)/b30-17-. The topological polar surface area (TPSA) is 86.2 Å². The molecule has 1 N–H and O–H groups in total. The first-order valence-corrected chi connectivity index (χ1v) is 11.3. The van der Waals surface area contributed by atoms with Gasteiger partial charge >= 0.3 is 5.97 Å². The van der Waals surface area contributed by atoms with E-state index >= 15 is 0 Å². The van der Waals surface area contributed by atoms with Gasteiger partial charge in [-0.15, -0.1) is 0 Å². The zero-order valence-electron chi connectivity index (χ0n) is 20.3. The summed E-state index contributed by atoms with van der Waals surface area (Å²) in [5, 5.41) is 5.85. The Morgan fingerprint density at radius 2 is 1.64 bits per heavy atom. The first-order chi connectivity index (χ1) is 17.4. The Kier molecular flexibility index (Phi) is 7.60. The largest absolute Gasteiger partial charge is 0.497 e. The molecule has 0 unspecified atom stereocenters. The molecule has 0 radical (unpaired) electrons. The summed E-state index contributed by atoms with van der Waals surface area (Å²) in [6.07, 6.45) is 1.47. The van der Waals surface area contributed by atoms with Crippen molar-refractivity contribution in [1.82, 2.24) is 5.43 Å². The summed E-state index contributed by atoms with van der Waals surface area (Å²) in [6, 6.07) is 23.5. The Bertz CT molecular complexity index is 1430. The molecule has 0 saturated carbocycles. The van der Waals surface area contributed by atoms with Gasteiger partial charge in [0.05, 0.1) is 18.9 Å². The molecule has 0 bridgehead atoms. The number of nitrogens with zero attached hydrogens (tertiary/aromatic N) is 1. The minimum atomic E-state index is -0.520. The number of hydrogen-bond acceptors (Lipinski definition) is 6. The fourth-order valence-corrected chi connectivity index (χ4v) is 3.54. The van der Waals surface area contributed by atoms with Crippen LogP contribution in [0.15, 0.2) is 84.0 Å². The van der Waals surface area contributed by atoms with Crippen LogP contribution in [0.5, 0.6) is 17.2 Å². The van der Waals surface area contributed by atoms with Gasteiger partial charge in [0.25, 0.3) is 5.91 Å². The van der Waals surface area contributed by atoms with Gasteiger partial charge in [-0.25, -0.2) is 10.2 Å². The molecule has 0 saturated heterocycles. The summed E-state index contributed by atoms with van der Waals surface area (Å²) in [4.78, 5) is 25.0. The molecule has 0 aliphatic heterocycles. The van der Waals surface area contributed by atoms with Crippen LogP contribution in [-0.4, -0.2) is 31.8 Å². The van der Waals surface area contributed by atoms with Crippen LogP contribution in [0.25, 0.3) is 10.8 Å². The van der Waals surface area contributed by atoms with Crippen LogP contribution in [0.2, 0.25) is 0 Å². The van der Waals surface area contributed by atoms with Crippen molar-refractivity contribution in [2.75, 3.05) is 13.7 Å². The maximum Gasteiger partial charge on any atom is 0.343 e. The Morgan fingerprint density at radius 1 is 0.889 bits per heavy atom. The van der Waals surface area contributed by atoms with E-state index in [2.05, 4.69) is 10.5 Å². The molecule has 36 heavy (non-hydrogen) atoms. The van der Waals surface area contributed by atoms with Gasteiger partial charge in [-0.1, -0.05) is 36.4 Å². The molecule has 7 heteroatoms. The molecule has 0 atom stereocenters. The van der Waals surface area contributed by atoms with Crippen LogP contribution in [0.3, 0.4) is 0 Å². The lowest BCUT2D eigenvalue weighted by Gasteiger charge is -2.11. The summed E-state index contributed by atoms with van der Waals surface area (Å²) in [7, 11) is 1.56. The third-order valence-electron chi connectivity index (χ3n) is 5.69. The number of fused-ring (bicyclic) bond motifs is 1. The number of aryl methyl sites for hydroxylation is 2. The van der Waals surface area contributed by atoms with Crippen LogP contribution in [0.1, 0.15) is 27.0 Å². The van der Waals surface area contributed by atoms with Crippen molar-refractivity contribution < 1.29 is 23.8 Å². The molecule has 4 rings (SSSR count). The number of carbonyl (C=O) groups is 2. The summed E-state index contributed by atoms with van der Waals surface area (Å²) in [5.74, 6) is 0.634. The molecular formula is C29H26N2O5. The van der Waals surface area contributed by atoms with Crippen molar-refractivity contribution >= 4 is 28.9 Å². The zero-order chi connectivity index (χ0) is 25.5. The molecule has 0 fully saturated rings. The summed E-state index contributed by atoms with van der Waals surface area (Å²) < 4.78 is 16.4. The number of hydrazone groups is 1. The Labute approximate surface area is 209 Å². The van der Waals surface area contributed by atoms with E-state index in [4.69, 9.17) is 14.2 Å². The van der Waals surface area contributed by atoms with E-state index in [1.165, 1.54) is 6.21 Å². The van der Waals surface area contributed by atoms with E-state index in [9.17, 15) is 9.59 Å². The smallest absolute Gasteiger partial charge is 0.343 e. The fourth-order valence-electron chi connectivity index (χ4n) is 3.54. The van der Waals surface area contributed by atoms with Crippen molar-refractivity contribution in [1.29, 1.82) is 0 Å². The lowest BCUT2D eigenvalue weighted by molar-refractivity contribution is -0.123. The molecule has 4 aromatic rings. The van der Waals surface area contributed by atoms with Crippen molar-refractivity contribution in [3.63, 3.8) is 0 Å². The summed E-state index contributed by atoms with van der Waals surface area (Å²) in [5.41, 5.74) is 5.64. The number of methoxy groups -OCH3 is 1. The average molecular weight is 483 g/mol. The van der Waals surface area contributed by atoms with Gasteiger partial charge in [-0.05, 0) is 78.2 Å². The summed E-state index contributed by atoms with van der Waals surface area (Å²) in [6.45, 7) is 3.81. The second-order valence-corrected chi connectivity index (χ2v) is 8.14. The van der Waals surface area contributed by atoms with Gasteiger partial charge in [-0.3, -0.25) is 4.79 Å². The molecule has 0 aliphatic carbocycles. The van der Waals surface area contributed by atoms with Crippen LogP contribution >= 0.6 is 0 Å². The molecule has 0 spiro atoms. The fraction of sp³-hybridized carbons (Fsp3) is 0.138. The maximum absolute atomic E-state index is 12.8. The van der Waals surface area contributed by atoms with Gasteiger partial charge in [0, 0.05) is 5.56 Å². The highest BCUT2D eigenvalue weighted by Crippen LogP contribution is 2.27.